The van der Waals surface area contributed by atoms with E-state index in [4.69, 9.17) is 10.5 Å². The number of nitrogens with two attached hydrogens (primary N) is 1. The first-order valence-corrected chi connectivity index (χ1v) is 8.35. The zero-order valence-corrected chi connectivity index (χ0v) is 14.9. The van der Waals surface area contributed by atoms with Crippen LogP contribution < -0.4 is 11.1 Å². The van der Waals surface area contributed by atoms with E-state index in [0.29, 0.717) is 19.4 Å². The van der Waals surface area contributed by atoms with Crippen LogP contribution in [0.3, 0.4) is 0 Å². The van der Waals surface area contributed by atoms with Gasteiger partial charge in [-0.2, -0.15) is 0 Å². The number of aliphatic carboxylic acids is 1. The van der Waals surface area contributed by atoms with Crippen molar-refractivity contribution < 1.29 is 29.0 Å². The summed E-state index contributed by atoms with van der Waals surface area (Å²) < 4.78 is 4.96. The molecule has 0 aliphatic carbocycles. The van der Waals surface area contributed by atoms with Gasteiger partial charge in [-0.25, -0.2) is 4.79 Å². The molecule has 2 atom stereocenters. The number of carbonyl (C=O) groups is 4. The molecule has 0 aromatic heterocycles. The van der Waals surface area contributed by atoms with Gasteiger partial charge in [-0.3, -0.25) is 14.4 Å². The monoisotopic (exact) mass is 357 g/mol. The minimum Gasteiger partial charge on any atom is -0.480 e. The number of amides is 2. The van der Waals surface area contributed by atoms with Crippen LogP contribution in [0.15, 0.2) is 0 Å². The van der Waals surface area contributed by atoms with Gasteiger partial charge in [0.25, 0.3) is 0 Å². The predicted molar refractivity (Wildman–Crippen MR) is 88.4 cm³/mol. The number of likely N-dealkylation sites (tertiary alicyclic amines) is 1. The SMILES string of the molecule is CC(C)OC(=O)CCC(NC(=O)C1(C)CCCN1C(=O)CN)C(=O)O. The number of nitrogens with one attached hydrogen (secondary N) is 1. The van der Waals surface area contributed by atoms with E-state index in [2.05, 4.69) is 5.32 Å². The molecule has 142 valence electrons. The number of hydrogen-bond acceptors (Lipinski definition) is 6. The average Bonchev–Trinajstić information content (AvgIpc) is 2.92. The lowest BCUT2D eigenvalue weighted by Crippen LogP contribution is -2.59. The molecule has 9 nitrogen and oxygen atoms in total. The molecule has 1 aliphatic heterocycles. The van der Waals surface area contributed by atoms with Gasteiger partial charge in [0.05, 0.1) is 12.6 Å². The molecule has 0 saturated carbocycles. The maximum atomic E-state index is 12.6. The van der Waals surface area contributed by atoms with Gasteiger partial charge in [-0.15, -0.1) is 0 Å². The fourth-order valence-corrected chi connectivity index (χ4v) is 2.86. The van der Waals surface area contributed by atoms with Crippen molar-refractivity contribution in [1.82, 2.24) is 10.2 Å². The van der Waals surface area contributed by atoms with Crippen molar-refractivity contribution in [2.75, 3.05) is 13.1 Å². The first-order valence-electron chi connectivity index (χ1n) is 8.35. The van der Waals surface area contributed by atoms with E-state index < -0.39 is 29.4 Å². The Morgan fingerprint density at radius 3 is 2.48 bits per heavy atom. The minimum absolute atomic E-state index is 0.0897. The van der Waals surface area contributed by atoms with E-state index in [1.165, 1.54) is 4.90 Å². The summed E-state index contributed by atoms with van der Waals surface area (Å²) in [6.45, 7) is 5.16. The van der Waals surface area contributed by atoms with Crippen molar-refractivity contribution in [3.8, 4) is 0 Å². The molecular weight excluding hydrogens is 330 g/mol. The third kappa shape index (κ3) is 5.42. The highest BCUT2D eigenvalue weighted by atomic mass is 16.5. The van der Waals surface area contributed by atoms with E-state index in [-0.39, 0.29) is 31.4 Å². The van der Waals surface area contributed by atoms with Crippen LogP contribution in [0.5, 0.6) is 0 Å². The van der Waals surface area contributed by atoms with Gasteiger partial charge in [-0.05, 0) is 40.0 Å². The van der Waals surface area contributed by atoms with E-state index in [0.717, 1.165) is 0 Å². The quantitative estimate of drug-likeness (QED) is 0.503. The van der Waals surface area contributed by atoms with Crippen molar-refractivity contribution in [2.24, 2.45) is 5.73 Å². The van der Waals surface area contributed by atoms with Crippen LogP contribution in [0, 0.1) is 0 Å². The second-order valence-electron chi connectivity index (χ2n) is 6.57. The largest absolute Gasteiger partial charge is 0.480 e. The van der Waals surface area contributed by atoms with Crippen molar-refractivity contribution in [1.29, 1.82) is 0 Å². The van der Waals surface area contributed by atoms with Crippen molar-refractivity contribution in [2.45, 2.75) is 64.1 Å². The zero-order chi connectivity index (χ0) is 19.2. The molecule has 2 amide bonds. The van der Waals surface area contributed by atoms with Gasteiger partial charge in [0, 0.05) is 13.0 Å². The normalized spacial score (nSPS) is 21.1. The fraction of sp³-hybridized carbons (Fsp3) is 0.750. The Morgan fingerprint density at radius 2 is 1.96 bits per heavy atom. The van der Waals surface area contributed by atoms with Gasteiger partial charge in [0.1, 0.15) is 11.6 Å². The third-order valence-corrected chi connectivity index (χ3v) is 4.21. The number of carbonyl (C=O) groups excluding carboxylic acids is 3. The lowest BCUT2D eigenvalue weighted by molar-refractivity contribution is -0.149. The van der Waals surface area contributed by atoms with Crippen LogP contribution in [0.2, 0.25) is 0 Å². The summed E-state index contributed by atoms with van der Waals surface area (Å²) in [5, 5.41) is 11.7. The van der Waals surface area contributed by atoms with Gasteiger partial charge in [0.15, 0.2) is 0 Å². The molecule has 0 aromatic carbocycles. The van der Waals surface area contributed by atoms with Crippen LogP contribution in [-0.2, 0) is 23.9 Å². The minimum atomic E-state index is -1.25. The molecule has 4 N–H and O–H groups in total. The first-order chi connectivity index (χ1) is 11.6. The summed E-state index contributed by atoms with van der Waals surface area (Å²) >= 11 is 0. The molecule has 0 bridgehead atoms. The van der Waals surface area contributed by atoms with Crippen molar-refractivity contribution in [3.05, 3.63) is 0 Å². The maximum absolute atomic E-state index is 12.6. The molecular formula is C16H27N3O6. The summed E-state index contributed by atoms with van der Waals surface area (Å²) in [5.41, 5.74) is 4.24. The van der Waals surface area contributed by atoms with Gasteiger partial charge >= 0.3 is 11.9 Å². The molecule has 0 aromatic rings. The highest BCUT2D eigenvalue weighted by Gasteiger charge is 2.46. The predicted octanol–water partition coefficient (Wildman–Crippen LogP) is -0.373. The Kier molecular flexibility index (Phi) is 7.35. The van der Waals surface area contributed by atoms with Gasteiger partial charge in [-0.1, -0.05) is 0 Å². The molecule has 25 heavy (non-hydrogen) atoms. The standard InChI is InChI=1S/C16H27N3O6/c1-10(2)25-13(21)6-5-11(14(22)23)18-15(24)16(3)7-4-8-19(16)12(20)9-17/h10-11H,4-9,17H2,1-3H3,(H,18,24)(H,22,23). The summed E-state index contributed by atoms with van der Waals surface area (Å²) in [7, 11) is 0. The fourth-order valence-electron chi connectivity index (χ4n) is 2.86. The molecule has 1 fully saturated rings. The summed E-state index contributed by atoms with van der Waals surface area (Å²) in [6, 6.07) is -1.24. The summed E-state index contributed by atoms with van der Waals surface area (Å²) in [6.07, 6.45) is 0.546. The summed E-state index contributed by atoms with van der Waals surface area (Å²) in [4.78, 5) is 48.9. The zero-order valence-electron chi connectivity index (χ0n) is 14.9. The number of ether oxygens (including phenoxy) is 1. The van der Waals surface area contributed by atoms with Gasteiger partial charge in [0.2, 0.25) is 11.8 Å². The van der Waals surface area contributed by atoms with Crippen LogP contribution in [0.25, 0.3) is 0 Å². The van der Waals surface area contributed by atoms with Gasteiger partial charge < -0.3 is 25.8 Å². The Labute approximate surface area is 146 Å². The molecule has 1 heterocycles. The Morgan fingerprint density at radius 1 is 1.32 bits per heavy atom. The average molecular weight is 357 g/mol. The van der Waals surface area contributed by atoms with Crippen LogP contribution in [-0.4, -0.2) is 64.5 Å². The molecule has 9 heteroatoms. The topological polar surface area (TPSA) is 139 Å². The van der Waals surface area contributed by atoms with Crippen LogP contribution in [0.4, 0.5) is 0 Å². The number of rotatable bonds is 8. The molecule has 1 aliphatic rings. The number of nitrogens with zero attached hydrogens (tertiary/aromatic N) is 1. The smallest absolute Gasteiger partial charge is 0.326 e. The highest BCUT2D eigenvalue weighted by molar-refractivity contribution is 5.94. The van der Waals surface area contributed by atoms with E-state index >= 15 is 0 Å². The number of carboxylic acid groups (broad SMARTS) is 1. The number of hydrogen-bond donors (Lipinski definition) is 3. The van der Waals surface area contributed by atoms with E-state index in [1.807, 2.05) is 0 Å². The van der Waals surface area contributed by atoms with E-state index in [1.54, 1.807) is 20.8 Å². The van der Waals surface area contributed by atoms with Crippen molar-refractivity contribution in [3.63, 3.8) is 0 Å². The molecule has 2 unspecified atom stereocenters. The number of esters is 1. The number of carboxylic acids is 1. The Bertz CT molecular complexity index is 536. The Balaban J connectivity index is 2.74. The summed E-state index contributed by atoms with van der Waals surface area (Å²) in [5.74, 6) is -2.69. The molecule has 0 radical (unpaired) electrons. The van der Waals surface area contributed by atoms with Crippen LogP contribution >= 0.6 is 0 Å². The lowest BCUT2D eigenvalue weighted by atomic mass is 9.96. The molecule has 0 spiro atoms. The highest BCUT2D eigenvalue weighted by Crippen LogP contribution is 2.29. The third-order valence-electron chi connectivity index (χ3n) is 4.21. The second kappa shape index (κ2) is 8.80. The first kappa shape index (κ1) is 20.9. The lowest BCUT2D eigenvalue weighted by Gasteiger charge is -2.34. The maximum Gasteiger partial charge on any atom is 0.326 e. The Hall–Kier alpha value is -2.16. The van der Waals surface area contributed by atoms with E-state index in [9.17, 15) is 24.3 Å². The van der Waals surface area contributed by atoms with Crippen LogP contribution in [0.1, 0.15) is 46.5 Å². The molecule has 1 rings (SSSR count). The second-order valence-corrected chi connectivity index (χ2v) is 6.57. The molecule has 1 saturated heterocycles. The van der Waals surface area contributed by atoms with Crippen molar-refractivity contribution >= 4 is 23.8 Å².